The predicted molar refractivity (Wildman–Crippen MR) is 132 cm³/mol. The zero-order valence-corrected chi connectivity index (χ0v) is 20.0. The van der Waals surface area contributed by atoms with Crippen LogP contribution in [0.25, 0.3) is 22.0 Å². The minimum atomic E-state index is -1.17. The average molecular weight is 497 g/mol. The van der Waals surface area contributed by atoms with Gasteiger partial charge in [0.15, 0.2) is 11.2 Å². The predicted octanol–water partition coefficient (Wildman–Crippen LogP) is 4.79. The van der Waals surface area contributed by atoms with Crippen molar-refractivity contribution in [1.82, 2.24) is 18.6 Å². The lowest BCUT2D eigenvalue weighted by Gasteiger charge is -2.09. The second-order valence-electron chi connectivity index (χ2n) is 7.55. The van der Waals surface area contributed by atoms with Gasteiger partial charge in [-0.1, -0.05) is 46.3 Å². The Morgan fingerprint density at radius 1 is 1.03 bits per heavy atom. The molecule has 4 rings (SSSR count). The topological polar surface area (TPSA) is 50.2 Å². The largest absolute Gasteiger partial charge is 0.343 e. The van der Waals surface area contributed by atoms with E-state index in [1.807, 2.05) is 30.6 Å². The molecule has 0 saturated carbocycles. The zero-order chi connectivity index (χ0) is 21.8. The Hall–Kier alpha value is -2.32. The SMILES string of the molecule is CN(C)S(=O)NCCc1cn(Cc2ccccc2Br)c2cc(-c3ccncc3)ccc12. The van der Waals surface area contributed by atoms with Crippen molar-refractivity contribution in [3.63, 3.8) is 0 Å². The van der Waals surface area contributed by atoms with Gasteiger partial charge in [0, 0.05) is 61.2 Å². The monoisotopic (exact) mass is 496 g/mol. The highest BCUT2D eigenvalue weighted by molar-refractivity contribution is 9.10. The molecule has 0 amide bonds. The number of aromatic nitrogens is 2. The maximum Gasteiger partial charge on any atom is 0.169 e. The Kier molecular flexibility index (Phi) is 6.97. The van der Waals surface area contributed by atoms with Crippen molar-refractivity contribution >= 4 is 38.0 Å². The van der Waals surface area contributed by atoms with Gasteiger partial charge in [-0.2, -0.15) is 0 Å². The van der Waals surface area contributed by atoms with E-state index in [9.17, 15) is 4.21 Å². The summed E-state index contributed by atoms with van der Waals surface area (Å²) in [5.74, 6) is 0. The van der Waals surface area contributed by atoms with Gasteiger partial charge in [-0.15, -0.1) is 0 Å². The highest BCUT2D eigenvalue weighted by Gasteiger charge is 2.12. The van der Waals surface area contributed by atoms with Crippen LogP contribution in [-0.4, -0.2) is 38.7 Å². The first-order valence-corrected chi connectivity index (χ1v) is 12.0. The Balaban J connectivity index is 1.70. The van der Waals surface area contributed by atoms with Crippen LogP contribution in [0.2, 0.25) is 0 Å². The molecule has 160 valence electrons. The van der Waals surface area contributed by atoms with Crippen molar-refractivity contribution in [3.8, 4) is 11.1 Å². The third-order valence-corrected chi connectivity index (χ3v) is 7.12. The van der Waals surface area contributed by atoms with Gasteiger partial charge in [-0.25, -0.2) is 13.2 Å². The molecule has 4 aromatic rings. The van der Waals surface area contributed by atoms with Crippen LogP contribution in [0.1, 0.15) is 11.1 Å². The molecule has 0 spiro atoms. The smallest absolute Gasteiger partial charge is 0.169 e. The van der Waals surface area contributed by atoms with E-state index in [1.54, 1.807) is 18.4 Å². The number of benzene rings is 2. The molecule has 0 aliphatic carbocycles. The second-order valence-corrected chi connectivity index (χ2v) is 9.92. The Morgan fingerprint density at radius 2 is 1.81 bits per heavy atom. The van der Waals surface area contributed by atoms with Gasteiger partial charge in [0.05, 0.1) is 0 Å². The lowest BCUT2D eigenvalue weighted by atomic mass is 10.0. The van der Waals surface area contributed by atoms with Gasteiger partial charge >= 0.3 is 0 Å². The van der Waals surface area contributed by atoms with Crippen molar-refractivity contribution in [3.05, 3.63) is 88.8 Å². The summed E-state index contributed by atoms with van der Waals surface area (Å²) in [7, 11) is 3.60. The van der Waals surface area contributed by atoms with Gasteiger partial charge in [-0.3, -0.25) is 4.98 Å². The molecule has 7 heteroatoms. The fraction of sp³-hybridized carbons (Fsp3) is 0.208. The van der Waals surface area contributed by atoms with Gasteiger partial charge < -0.3 is 4.57 Å². The van der Waals surface area contributed by atoms with E-state index >= 15 is 0 Å². The number of fused-ring (bicyclic) bond motifs is 1. The van der Waals surface area contributed by atoms with Crippen LogP contribution in [0.3, 0.4) is 0 Å². The number of hydrogen-bond donors (Lipinski definition) is 1. The van der Waals surface area contributed by atoms with E-state index in [0.29, 0.717) is 6.54 Å². The van der Waals surface area contributed by atoms with Crippen LogP contribution in [0.4, 0.5) is 0 Å². The maximum atomic E-state index is 12.0. The van der Waals surface area contributed by atoms with Crippen LogP contribution >= 0.6 is 15.9 Å². The Bertz CT molecular complexity index is 1210. The fourth-order valence-corrected chi connectivity index (χ4v) is 4.58. The van der Waals surface area contributed by atoms with E-state index in [-0.39, 0.29) is 0 Å². The lowest BCUT2D eigenvalue weighted by molar-refractivity contribution is 0.588. The van der Waals surface area contributed by atoms with Crippen molar-refractivity contribution in [2.24, 2.45) is 0 Å². The van der Waals surface area contributed by atoms with Crippen LogP contribution in [-0.2, 0) is 24.1 Å². The first-order valence-electron chi connectivity index (χ1n) is 10.1. The van der Waals surface area contributed by atoms with Crippen LogP contribution in [0, 0.1) is 0 Å². The molecule has 0 bridgehead atoms. The van der Waals surface area contributed by atoms with Gasteiger partial charge in [-0.05, 0) is 52.9 Å². The number of pyridine rings is 1. The lowest BCUT2D eigenvalue weighted by Crippen LogP contribution is -2.30. The third-order valence-electron chi connectivity index (χ3n) is 5.23. The molecular formula is C24H25BrN4OS. The molecule has 2 aromatic heterocycles. The third kappa shape index (κ3) is 5.13. The van der Waals surface area contributed by atoms with E-state index in [2.05, 4.69) is 72.8 Å². The first kappa shape index (κ1) is 21.9. The number of hydrogen-bond acceptors (Lipinski definition) is 2. The summed E-state index contributed by atoms with van der Waals surface area (Å²) in [4.78, 5) is 4.13. The molecule has 2 aromatic carbocycles. The Morgan fingerprint density at radius 3 is 2.55 bits per heavy atom. The first-order chi connectivity index (χ1) is 15.0. The normalized spacial score (nSPS) is 12.5. The second kappa shape index (κ2) is 9.87. The summed E-state index contributed by atoms with van der Waals surface area (Å²) >= 11 is 2.51. The van der Waals surface area contributed by atoms with Crippen molar-refractivity contribution in [2.45, 2.75) is 13.0 Å². The van der Waals surface area contributed by atoms with Crippen LogP contribution in [0.5, 0.6) is 0 Å². The summed E-state index contributed by atoms with van der Waals surface area (Å²) in [6.45, 7) is 1.42. The maximum absolute atomic E-state index is 12.0. The number of nitrogens with zero attached hydrogens (tertiary/aromatic N) is 3. The summed E-state index contributed by atoms with van der Waals surface area (Å²) in [5, 5.41) is 1.22. The van der Waals surface area contributed by atoms with Gasteiger partial charge in [0.2, 0.25) is 0 Å². The molecule has 0 saturated heterocycles. The molecule has 5 nitrogen and oxygen atoms in total. The standard InChI is InChI=1S/C24H25BrN4OS/c1-28(2)31(30)27-14-11-20-16-29(17-21-5-3-4-6-23(21)25)24-15-19(7-8-22(20)24)18-9-12-26-13-10-18/h3-10,12-13,15-16,27H,11,14,17H2,1-2H3. The number of halogens is 1. The molecule has 1 atom stereocenters. The molecule has 1 unspecified atom stereocenters. The summed E-state index contributed by atoms with van der Waals surface area (Å²) in [6, 6.07) is 19.0. The van der Waals surface area contributed by atoms with E-state index in [4.69, 9.17) is 0 Å². The molecule has 0 aliphatic rings. The summed E-state index contributed by atoms with van der Waals surface area (Å²) < 4.78 is 20.1. The quantitative estimate of drug-likeness (QED) is 0.381. The van der Waals surface area contributed by atoms with E-state index < -0.39 is 11.2 Å². The molecule has 1 N–H and O–H groups in total. The molecule has 0 aliphatic heterocycles. The summed E-state index contributed by atoms with van der Waals surface area (Å²) in [5.41, 5.74) is 5.97. The minimum absolute atomic E-state index is 0.644. The van der Waals surface area contributed by atoms with Gasteiger partial charge in [0.25, 0.3) is 0 Å². The summed E-state index contributed by atoms with van der Waals surface area (Å²) in [6.07, 6.45) is 6.66. The minimum Gasteiger partial charge on any atom is -0.343 e. The van der Waals surface area contributed by atoms with Crippen molar-refractivity contribution in [2.75, 3.05) is 20.6 Å². The average Bonchev–Trinajstić information content (AvgIpc) is 3.12. The highest BCUT2D eigenvalue weighted by atomic mass is 79.9. The molecule has 0 radical (unpaired) electrons. The van der Waals surface area contributed by atoms with E-state index in [0.717, 1.165) is 23.0 Å². The number of rotatable bonds is 8. The van der Waals surface area contributed by atoms with Crippen LogP contribution in [0.15, 0.2) is 77.7 Å². The van der Waals surface area contributed by atoms with Gasteiger partial charge in [0.1, 0.15) is 0 Å². The highest BCUT2D eigenvalue weighted by Crippen LogP contribution is 2.29. The Labute approximate surface area is 194 Å². The molecule has 2 heterocycles. The molecular weight excluding hydrogens is 472 g/mol. The van der Waals surface area contributed by atoms with Crippen molar-refractivity contribution < 1.29 is 4.21 Å². The van der Waals surface area contributed by atoms with Crippen molar-refractivity contribution in [1.29, 1.82) is 0 Å². The van der Waals surface area contributed by atoms with Crippen LogP contribution < -0.4 is 4.72 Å². The molecule has 0 fully saturated rings. The fourth-order valence-electron chi connectivity index (χ4n) is 3.63. The zero-order valence-electron chi connectivity index (χ0n) is 17.6. The molecule has 31 heavy (non-hydrogen) atoms. The number of nitrogens with one attached hydrogen (secondary N) is 1. The van der Waals surface area contributed by atoms with E-state index in [1.165, 1.54) is 27.6 Å².